The third-order valence-electron chi connectivity index (χ3n) is 4.05. The standard InChI is InChI=1S/C16H23N3O3/c1-10-8-19(4)16(21)13-7-12(17)5-6-14(13)22-15(10)9-18(3)11(2)20/h5-7,10,15H,8-9,17H2,1-4H3/t10-,15-/m1/s1. The number of benzene rings is 1. The van der Waals surface area contributed by atoms with E-state index >= 15 is 0 Å². The number of nitrogens with two attached hydrogens (primary N) is 1. The average molecular weight is 305 g/mol. The summed E-state index contributed by atoms with van der Waals surface area (Å²) in [6.07, 6.45) is -0.188. The highest BCUT2D eigenvalue weighted by atomic mass is 16.5. The van der Waals surface area contributed by atoms with Crippen molar-refractivity contribution in [3.8, 4) is 5.75 Å². The monoisotopic (exact) mass is 305 g/mol. The van der Waals surface area contributed by atoms with Crippen molar-refractivity contribution in [2.24, 2.45) is 5.92 Å². The van der Waals surface area contributed by atoms with E-state index < -0.39 is 0 Å². The Bertz CT molecular complexity index is 588. The Hall–Kier alpha value is -2.24. The number of hydrogen-bond acceptors (Lipinski definition) is 4. The molecule has 0 spiro atoms. The Morgan fingerprint density at radius 2 is 2.18 bits per heavy atom. The van der Waals surface area contributed by atoms with Crippen LogP contribution in [0.3, 0.4) is 0 Å². The predicted octanol–water partition coefficient (Wildman–Crippen LogP) is 1.22. The van der Waals surface area contributed by atoms with E-state index in [0.29, 0.717) is 30.1 Å². The Morgan fingerprint density at radius 3 is 2.82 bits per heavy atom. The van der Waals surface area contributed by atoms with Gasteiger partial charge in [-0.1, -0.05) is 6.92 Å². The van der Waals surface area contributed by atoms with E-state index in [-0.39, 0.29) is 23.8 Å². The summed E-state index contributed by atoms with van der Waals surface area (Å²) in [5.41, 5.74) is 6.77. The zero-order chi connectivity index (χ0) is 16.4. The highest BCUT2D eigenvalue weighted by Gasteiger charge is 2.30. The number of carbonyl (C=O) groups is 2. The van der Waals surface area contributed by atoms with Crippen LogP contribution < -0.4 is 10.5 Å². The summed E-state index contributed by atoms with van der Waals surface area (Å²) in [6.45, 7) is 4.58. The molecule has 1 aromatic carbocycles. The third kappa shape index (κ3) is 3.32. The van der Waals surface area contributed by atoms with Crippen molar-refractivity contribution >= 4 is 17.5 Å². The second kappa shape index (κ2) is 6.25. The molecule has 1 aliphatic rings. The van der Waals surface area contributed by atoms with Crippen molar-refractivity contribution in [3.05, 3.63) is 23.8 Å². The van der Waals surface area contributed by atoms with Crippen LogP contribution in [0.15, 0.2) is 18.2 Å². The van der Waals surface area contributed by atoms with Gasteiger partial charge in [-0.05, 0) is 18.2 Å². The lowest BCUT2D eigenvalue weighted by molar-refractivity contribution is -0.129. The second-order valence-electron chi connectivity index (χ2n) is 5.97. The minimum absolute atomic E-state index is 0.0141. The molecule has 2 atom stereocenters. The number of amides is 2. The Labute approximate surface area is 130 Å². The Balaban J connectivity index is 2.35. The molecule has 0 aliphatic carbocycles. The quantitative estimate of drug-likeness (QED) is 0.834. The molecule has 0 aromatic heterocycles. The summed E-state index contributed by atoms with van der Waals surface area (Å²) < 4.78 is 6.05. The lowest BCUT2D eigenvalue weighted by Crippen LogP contribution is -2.45. The number of hydrogen-bond donors (Lipinski definition) is 1. The first-order chi connectivity index (χ1) is 10.3. The fourth-order valence-electron chi connectivity index (χ4n) is 2.55. The molecule has 6 heteroatoms. The van der Waals surface area contributed by atoms with E-state index in [1.165, 1.54) is 6.92 Å². The van der Waals surface area contributed by atoms with Gasteiger partial charge in [0.25, 0.3) is 5.91 Å². The number of ether oxygens (including phenoxy) is 1. The lowest BCUT2D eigenvalue weighted by Gasteiger charge is -2.34. The lowest BCUT2D eigenvalue weighted by atomic mass is 10.0. The van der Waals surface area contributed by atoms with E-state index in [4.69, 9.17) is 10.5 Å². The molecule has 0 bridgehead atoms. The molecule has 6 nitrogen and oxygen atoms in total. The van der Waals surface area contributed by atoms with Crippen molar-refractivity contribution in [1.82, 2.24) is 9.80 Å². The molecule has 0 fully saturated rings. The van der Waals surface area contributed by atoms with Crippen molar-refractivity contribution in [2.75, 3.05) is 32.9 Å². The molecule has 2 rings (SSSR count). The molecule has 0 saturated heterocycles. The van der Waals surface area contributed by atoms with Gasteiger partial charge in [0, 0.05) is 39.2 Å². The molecule has 0 saturated carbocycles. The normalized spacial score (nSPS) is 21.5. The molecule has 0 unspecified atom stereocenters. The molecule has 2 amide bonds. The van der Waals surface area contributed by atoms with Gasteiger partial charge >= 0.3 is 0 Å². The van der Waals surface area contributed by atoms with Crippen LogP contribution in [-0.2, 0) is 4.79 Å². The smallest absolute Gasteiger partial charge is 0.257 e. The maximum absolute atomic E-state index is 12.5. The third-order valence-corrected chi connectivity index (χ3v) is 4.05. The summed E-state index contributed by atoms with van der Waals surface area (Å²) in [7, 11) is 3.51. The minimum atomic E-state index is -0.188. The molecule has 2 N–H and O–H groups in total. The Kier molecular flexibility index (Phi) is 4.59. The summed E-state index contributed by atoms with van der Waals surface area (Å²) >= 11 is 0. The van der Waals surface area contributed by atoms with Crippen LogP contribution in [0.2, 0.25) is 0 Å². The number of fused-ring (bicyclic) bond motifs is 1. The van der Waals surface area contributed by atoms with Gasteiger partial charge in [0.15, 0.2) is 0 Å². The molecule has 1 aromatic rings. The van der Waals surface area contributed by atoms with Crippen molar-refractivity contribution < 1.29 is 14.3 Å². The van der Waals surface area contributed by atoms with Crippen molar-refractivity contribution in [1.29, 1.82) is 0 Å². The summed E-state index contributed by atoms with van der Waals surface area (Å²) in [5, 5.41) is 0. The number of rotatable bonds is 2. The number of likely N-dealkylation sites (N-methyl/N-ethyl adjacent to an activating group) is 1. The van der Waals surface area contributed by atoms with Crippen LogP contribution >= 0.6 is 0 Å². The first-order valence-electron chi connectivity index (χ1n) is 7.33. The van der Waals surface area contributed by atoms with E-state index in [1.54, 1.807) is 42.1 Å². The molecule has 1 heterocycles. The van der Waals surface area contributed by atoms with Gasteiger partial charge in [0.05, 0.1) is 12.1 Å². The fraction of sp³-hybridized carbons (Fsp3) is 0.500. The van der Waals surface area contributed by atoms with Gasteiger partial charge in [-0.2, -0.15) is 0 Å². The molecule has 22 heavy (non-hydrogen) atoms. The SMILES string of the molecule is CC(=O)N(C)C[C@H]1Oc2ccc(N)cc2C(=O)N(C)C[C@H]1C. The zero-order valence-corrected chi connectivity index (χ0v) is 13.5. The maximum Gasteiger partial charge on any atom is 0.257 e. The minimum Gasteiger partial charge on any atom is -0.487 e. The average Bonchev–Trinajstić information content (AvgIpc) is 2.46. The maximum atomic E-state index is 12.5. The first-order valence-corrected chi connectivity index (χ1v) is 7.33. The summed E-state index contributed by atoms with van der Waals surface area (Å²) in [4.78, 5) is 27.2. The Morgan fingerprint density at radius 1 is 1.50 bits per heavy atom. The number of nitrogen functional groups attached to an aromatic ring is 1. The van der Waals surface area contributed by atoms with Crippen molar-refractivity contribution in [3.63, 3.8) is 0 Å². The van der Waals surface area contributed by atoms with E-state index in [0.717, 1.165) is 0 Å². The first kappa shape index (κ1) is 16.1. The van der Waals surface area contributed by atoms with Crippen molar-refractivity contribution in [2.45, 2.75) is 20.0 Å². The van der Waals surface area contributed by atoms with Gasteiger partial charge in [-0.15, -0.1) is 0 Å². The van der Waals surface area contributed by atoms with Crippen LogP contribution in [0, 0.1) is 5.92 Å². The zero-order valence-electron chi connectivity index (χ0n) is 13.5. The molecular weight excluding hydrogens is 282 g/mol. The largest absolute Gasteiger partial charge is 0.487 e. The predicted molar refractivity (Wildman–Crippen MR) is 84.7 cm³/mol. The highest BCUT2D eigenvalue weighted by molar-refractivity contribution is 5.97. The van der Waals surface area contributed by atoms with Gasteiger partial charge in [0.2, 0.25) is 5.91 Å². The van der Waals surface area contributed by atoms with Gasteiger partial charge < -0.3 is 20.3 Å². The molecule has 120 valence electrons. The van der Waals surface area contributed by atoms with Crippen LogP contribution in [0.5, 0.6) is 5.75 Å². The number of carbonyl (C=O) groups excluding carboxylic acids is 2. The van der Waals surface area contributed by atoms with E-state index in [9.17, 15) is 9.59 Å². The topological polar surface area (TPSA) is 75.9 Å². The van der Waals surface area contributed by atoms with Crippen LogP contribution in [0.4, 0.5) is 5.69 Å². The second-order valence-corrected chi connectivity index (χ2v) is 5.97. The van der Waals surface area contributed by atoms with Crippen LogP contribution in [-0.4, -0.2) is 54.9 Å². The van der Waals surface area contributed by atoms with Gasteiger partial charge in [0.1, 0.15) is 11.9 Å². The van der Waals surface area contributed by atoms with Gasteiger partial charge in [-0.3, -0.25) is 9.59 Å². The fourth-order valence-corrected chi connectivity index (χ4v) is 2.55. The highest BCUT2D eigenvalue weighted by Crippen LogP contribution is 2.28. The summed E-state index contributed by atoms with van der Waals surface area (Å²) in [5.74, 6) is 0.494. The molecule has 0 radical (unpaired) electrons. The van der Waals surface area contributed by atoms with E-state index in [2.05, 4.69) is 0 Å². The number of anilines is 1. The van der Waals surface area contributed by atoms with E-state index in [1.807, 2.05) is 6.92 Å². The van der Waals surface area contributed by atoms with Crippen LogP contribution in [0.1, 0.15) is 24.2 Å². The van der Waals surface area contributed by atoms with Crippen LogP contribution in [0.25, 0.3) is 0 Å². The molecular formula is C16H23N3O3. The van der Waals surface area contributed by atoms with Gasteiger partial charge in [-0.25, -0.2) is 0 Å². The molecule has 1 aliphatic heterocycles. The number of nitrogens with zero attached hydrogens (tertiary/aromatic N) is 2. The summed E-state index contributed by atoms with van der Waals surface area (Å²) in [6, 6.07) is 5.06.